The lowest BCUT2D eigenvalue weighted by Gasteiger charge is -2.16. The standard InChI is InChI=1S/C10H21NO2S/c1-8(2)9(10(12)13)14-7-5-6-11(3)4/h8-9H,5-7H2,1-4H3,(H,12,13). The van der Waals surface area contributed by atoms with E-state index in [1.807, 2.05) is 27.9 Å². The van der Waals surface area contributed by atoms with Crippen molar-refractivity contribution in [2.24, 2.45) is 5.92 Å². The summed E-state index contributed by atoms with van der Waals surface area (Å²) in [5, 5.41) is 8.67. The maximum absolute atomic E-state index is 10.8. The van der Waals surface area contributed by atoms with Crippen LogP contribution in [0.5, 0.6) is 0 Å². The molecule has 0 aromatic rings. The van der Waals surface area contributed by atoms with E-state index in [-0.39, 0.29) is 11.2 Å². The quantitative estimate of drug-likeness (QED) is 0.663. The molecule has 0 rings (SSSR count). The summed E-state index contributed by atoms with van der Waals surface area (Å²) in [6.07, 6.45) is 1.05. The van der Waals surface area contributed by atoms with E-state index in [0.717, 1.165) is 18.7 Å². The number of hydrogen-bond acceptors (Lipinski definition) is 3. The van der Waals surface area contributed by atoms with Gasteiger partial charge in [-0.2, -0.15) is 0 Å². The zero-order valence-electron chi connectivity index (χ0n) is 9.49. The van der Waals surface area contributed by atoms with Gasteiger partial charge in [0.1, 0.15) is 5.25 Å². The van der Waals surface area contributed by atoms with E-state index in [1.165, 1.54) is 0 Å². The molecule has 0 heterocycles. The molecule has 0 saturated heterocycles. The summed E-state index contributed by atoms with van der Waals surface area (Å²) in [5.74, 6) is 0.444. The Labute approximate surface area is 90.9 Å². The first-order chi connectivity index (χ1) is 6.45. The second-order valence-electron chi connectivity index (χ2n) is 4.03. The molecule has 0 aliphatic rings. The molecule has 0 radical (unpaired) electrons. The highest BCUT2D eigenvalue weighted by molar-refractivity contribution is 8.00. The molecule has 1 atom stereocenters. The monoisotopic (exact) mass is 219 g/mol. The van der Waals surface area contributed by atoms with Gasteiger partial charge in [0, 0.05) is 0 Å². The van der Waals surface area contributed by atoms with Gasteiger partial charge < -0.3 is 10.0 Å². The van der Waals surface area contributed by atoms with Crippen LogP contribution in [0.2, 0.25) is 0 Å². The number of rotatable bonds is 7. The minimum atomic E-state index is -0.685. The Morgan fingerprint density at radius 1 is 1.43 bits per heavy atom. The van der Waals surface area contributed by atoms with Crippen molar-refractivity contribution in [3.63, 3.8) is 0 Å². The number of nitrogens with zero attached hydrogens (tertiary/aromatic N) is 1. The summed E-state index contributed by atoms with van der Waals surface area (Å²) in [5.41, 5.74) is 0. The van der Waals surface area contributed by atoms with Crippen molar-refractivity contribution < 1.29 is 9.90 Å². The molecule has 1 unspecified atom stereocenters. The Morgan fingerprint density at radius 2 is 2.00 bits per heavy atom. The normalized spacial score (nSPS) is 13.6. The zero-order valence-corrected chi connectivity index (χ0v) is 10.3. The Kier molecular flexibility index (Phi) is 7.01. The van der Waals surface area contributed by atoms with Crippen molar-refractivity contribution in [1.82, 2.24) is 4.90 Å². The highest BCUT2D eigenvalue weighted by Gasteiger charge is 2.21. The van der Waals surface area contributed by atoms with Gasteiger partial charge in [0.2, 0.25) is 0 Å². The van der Waals surface area contributed by atoms with Crippen LogP contribution in [0.1, 0.15) is 20.3 Å². The van der Waals surface area contributed by atoms with Gasteiger partial charge >= 0.3 is 5.97 Å². The summed E-state index contributed by atoms with van der Waals surface area (Å²) in [6.45, 7) is 4.94. The van der Waals surface area contributed by atoms with E-state index in [2.05, 4.69) is 4.90 Å². The number of carboxylic acid groups (broad SMARTS) is 1. The third-order valence-electron chi connectivity index (χ3n) is 1.90. The number of thioether (sulfide) groups is 1. The lowest BCUT2D eigenvalue weighted by molar-refractivity contribution is -0.137. The summed E-state index contributed by atoms with van der Waals surface area (Å²) in [7, 11) is 4.06. The predicted molar refractivity (Wildman–Crippen MR) is 61.9 cm³/mol. The first kappa shape index (κ1) is 13.8. The lowest BCUT2D eigenvalue weighted by Crippen LogP contribution is -2.23. The molecule has 0 aromatic heterocycles. The van der Waals surface area contributed by atoms with E-state index < -0.39 is 5.97 Å². The van der Waals surface area contributed by atoms with Crippen LogP contribution in [0.3, 0.4) is 0 Å². The van der Waals surface area contributed by atoms with Crippen LogP contribution in [-0.2, 0) is 4.79 Å². The molecule has 0 bridgehead atoms. The summed E-state index contributed by atoms with van der Waals surface area (Å²) in [6, 6.07) is 0. The van der Waals surface area contributed by atoms with Crippen LogP contribution >= 0.6 is 11.8 Å². The van der Waals surface area contributed by atoms with E-state index >= 15 is 0 Å². The van der Waals surface area contributed by atoms with Gasteiger partial charge in [-0.05, 0) is 38.7 Å². The molecule has 1 N–H and O–H groups in total. The van der Waals surface area contributed by atoms with E-state index in [1.54, 1.807) is 11.8 Å². The predicted octanol–water partition coefficient (Wildman–Crippen LogP) is 1.78. The second-order valence-corrected chi connectivity index (χ2v) is 5.28. The van der Waals surface area contributed by atoms with Crippen molar-refractivity contribution in [3.8, 4) is 0 Å². The Morgan fingerprint density at radius 3 is 2.36 bits per heavy atom. The first-order valence-corrected chi connectivity index (χ1v) is 5.99. The fourth-order valence-corrected chi connectivity index (χ4v) is 2.22. The van der Waals surface area contributed by atoms with Crippen molar-refractivity contribution in [2.45, 2.75) is 25.5 Å². The van der Waals surface area contributed by atoms with Crippen molar-refractivity contribution in [3.05, 3.63) is 0 Å². The third kappa shape index (κ3) is 6.27. The van der Waals surface area contributed by atoms with Gasteiger partial charge in [0.05, 0.1) is 0 Å². The van der Waals surface area contributed by atoms with E-state index in [9.17, 15) is 4.79 Å². The van der Waals surface area contributed by atoms with Crippen LogP contribution in [0.25, 0.3) is 0 Å². The molecule has 3 nitrogen and oxygen atoms in total. The molecule has 0 aliphatic heterocycles. The van der Waals surface area contributed by atoms with Crippen LogP contribution in [0.15, 0.2) is 0 Å². The van der Waals surface area contributed by atoms with Crippen LogP contribution in [0.4, 0.5) is 0 Å². The molecular weight excluding hydrogens is 198 g/mol. The van der Waals surface area contributed by atoms with Gasteiger partial charge in [-0.15, -0.1) is 11.8 Å². The Balaban J connectivity index is 3.67. The molecule has 0 spiro atoms. The summed E-state index contributed by atoms with van der Waals surface area (Å²) in [4.78, 5) is 13.0. The fraction of sp³-hybridized carbons (Fsp3) is 0.900. The van der Waals surface area contributed by atoms with Gasteiger partial charge in [-0.25, -0.2) is 0 Å². The number of hydrogen-bond donors (Lipinski definition) is 1. The third-order valence-corrected chi connectivity index (χ3v) is 3.53. The largest absolute Gasteiger partial charge is 0.480 e. The number of aliphatic carboxylic acids is 1. The maximum atomic E-state index is 10.8. The average molecular weight is 219 g/mol. The summed E-state index contributed by atoms with van der Waals surface area (Å²) >= 11 is 1.55. The van der Waals surface area contributed by atoms with Crippen molar-refractivity contribution in [2.75, 3.05) is 26.4 Å². The molecule has 0 saturated carbocycles. The molecule has 84 valence electrons. The topological polar surface area (TPSA) is 40.5 Å². The molecular formula is C10H21NO2S. The summed E-state index contributed by atoms with van der Waals surface area (Å²) < 4.78 is 0. The van der Waals surface area contributed by atoms with Crippen LogP contribution in [-0.4, -0.2) is 47.6 Å². The first-order valence-electron chi connectivity index (χ1n) is 4.94. The van der Waals surface area contributed by atoms with Gasteiger partial charge in [-0.3, -0.25) is 4.79 Å². The molecule has 14 heavy (non-hydrogen) atoms. The fourth-order valence-electron chi connectivity index (χ4n) is 1.14. The van der Waals surface area contributed by atoms with Crippen molar-refractivity contribution in [1.29, 1.82) is 0 Å². The molecule has 0 amide bonds. The number of carbonyl (C=O) groups is 1. The molecule has 0 fully saturated rings. The van der Waals surface area contributed by atoms with Crippen LogP contribution < -0.4 is 0 Å². The number of carboxylic acids is 1. The van der Waals surface area contributed by atoms with Gasteiger partial charge in [0.15, 0.2) is 0 Å². The van der Waals surface area contributed by atoms with Gasteiger partial charge in [0.25, 0.3) is 0 Å². The van der Waals surface area contributed by atoms with E-state index in [0.29, 0.717) is 0 Å². The maximum Gasteiger partial charge on any atom is 0.316 e. The molecule has 4 heteroatoms. The van der Waals surface area contributed by atoms with E-state index in [4.69, 9.17) is 5.11 Å². The Hall–Kier alpha value is -0.220. The minimum absolute atomic E-state index is 0.205. The lowest BCUT2D eigenvalue weighted by atomic mass is 10.1. The SMILES string of the molecule is CC(C)C(SCCCN(C)C)C(=O)O. The molecule has 0 aliphatic carbocycles. The smallest absolute Gasteiger partial charge is 0.316 e. The average Bonchev–Trinajstić information content (AvgIpc) is 2.01. The highest BCUT2D eigenvalue weighted by Crippen LogP contribution is 2.20. The Bertz CT molecular complexity index is 172. The highest BCUT2D eigenvalue weighted by atomic mass is 32.2. The second kappa shape index (κ2) is 7.12. The minimum Gasteiger partial charge on any atom is -0.480 e. The zero-order chi connectivity index (χ0) is 11.1. The van der Waals surface area contributed by atoms with Gasteiger partial charge in [-0.1, -0.05) is 13.8 Å². The van der Waals surface area contributed by atoms with Crippen LogP contribution in [0, 0.1) is 5.92 Å². The molecule has 0 aromatic carbocycles. The van der Waals surface area contributed by atoms with Crippen molar-refractivity contribution >= 4 is 17.7 Å².